The van der Waals surface area contributed by atoms with Crippen molar-refractivity contribution in [1.29, 1.82) is 0 Å². The summed E-state index contributed by atoms with van der Waals surface area (Å²) < 4.78 is 10.3. The number of pyridine rings is 1. The van der Waals surface area contributed by atoms with E-state index < -0.39 is 0 Å². The van der Waals surface area contributed by atoms with Gasteiger partial charge in [0.1, 0.15) is 0 Å². The SMILES string of the molecule is COc1ccc(-c2nc(OC)nc(-c3cc(CN)ccc3Cl)n2)cn1. The molecular weight excluding hydrogens is 342 g/mol. The molecule has 3 aromatic rings. The number of nitrogens with zero attached hydrogens (tertiary/aromatic N) is 4. The first-order valence-electron chi connectivity index (χ1n) is 7.44. The Morgan fingerprint density at radius 1 is 1.00 bits per heavy atom. The molecule has 1 aromatic carbocycles. The zero-order chi connectivity index (χ0) is 17.8. The van der Waals surface area contributed by atoms with Gasteiger partial charge in [-0.25, -0.2) is 9.97 Å². The minimum absolute atomic E-state index is 0.185. The third-order valence-corrected chi connectivity index (χ3v) is 3.84. The van der Waals surface area contributed by atoms with E-state index in [1.807, 2.05) is 18.2 Å². The fourth-order valence-corrected chi connectivity index (χ4v) is 2.40. The Hall–Kier alpha value is -2.77. The van der Waals surface area contributed by atoms with Crippen molar-refractivity contribution in [2.75, 3.05) is 14.2 Å². The maximum Gasteiger partial charge on any atom is 0.320 e. The molecule has 0 aliphatic rings. The number of halogens is 1. The fraction of sp³-hybridized carbons (Fsp3) is 0.176. The summed E-state index contributed by atoms with van der Waals surface area (Å²) >= 11 is 6.31. The van der Waals surface area contributed by atoms with Crippen LogP contribution >= 0.6 is 11.6 Å². The van der Waals surface area contributed by atoms with E-state index >= 15 is 0 Å². The van der Waals surface area contributed by atoms with Crippen LogP contribution in [0.3, 0.4) is 0 Å². The lowest BCUT2D eigenvalue weighted by Gasteiger charge is -2.09. The minimum atomic E-state index is 0.185. The highest BCUT2D eigenvalue weighted by Crippen LogP contribution is 2.29. The zero-order valence-electron chi connectivity index (χ0n) is 13.7. The topological polar surface area (TPSA) is 96.0 Å². The molecule has 0 amide bonds. The summed E-state index contributed by atoms with van der Waals surface area (Å²) in [4.78, 5) is 17.3. The first kappa shape index (κ1) is 17.1. The van der Waals surface area contributed by atoms with E-state index in [9.17, 15) is 0 Å². The number of methoxy groups -OCH3 is 2. The van der Waals surface area contributed by atoms with Gasteiger partial charge in [-0.15, -0.1) is 0 Å². The highest BCUT2D eigenvalue weighted by molar-refractivity contribution is 6.33. The zero-order valence-corrected chi connectivity index (χ0v) is 14.5. The monoisotopic (exact) mass is 357 g/mol. The van der Waals surface area contributed by atoms with Gasteiger partial charge in [-0.2, -0.15) is 9.97 Å². The van der Waals surface area contributed by atoms with Crippen molar-refractivity contribution in [2.45, 2.75) is 6.54 Å². The van der Waals surface area contributed by atoms with Crippen LogP contribution in [0.4, 0.5) is 0 Å². The average Bonchev–Trinajstić information content (AvgIpc) is 2.68. The molecule has 0 bridgehead atoms. The average molecular weight is 358 g/mol. The number of nitrogens with two attached hydrogens (primary N) is 1. The molecule has 2 N–H and O–H groups in total. The Labute approximate surface area is 149 Å². The highest BCUT2D eigenvalue weighted by Gasteiger charge is 2.14. The van der Waals surface area contributed by atoms with Gasteiger partial charge in [0, 0.05) is 29.9 Å². The highest BCUT2D eigenvalue weighted by atomic mass is 35.5. The van der Waals surface area contributed by atoms with E-state index in [2.05, 4.69) is 19.9 Å². The van der Waals surface area contributed by atoms with Crippen LogP contribution in [0.2, 0.25) is 5.02 Å². The molecule has 0 aliphatic carbocycles. The minimum Gasteiger partial charge on any atom is -0.481 e. The summed E-state index contributed by atoms with van der Waals surface area (Å²) in [7, 11) is 3.05. The molecule has 0 spiro atoms. The normalized spacial score (nSPS) is 10.6. The van der Waals surface area contributed by atoms with Gasteiger partial charge in [0.25, 0.3) is 0 Å². The van der Waals surface area contributed by atoms with Crippen LogP contribution in [0.25, 0.3) is 22.8 Å². The van der Waals surface area contributed by atoms with E-state index in [0.29, 0.717) is 40.2 Å². The van der Waals surface area contributed by atoms with Crippen LogP contribution in [0, 0.1) is 0 Å². The lowest BCUT2D eigenvalue weighted by molar-refractivity contribution is 0.379. The Kier molecular flexibility index (Phi) is 5.06. The van der Waals surface area contributed by atoms with E-state index in [1.54, 1.807) is 25.4 Å². The molecule has 2 heterocycles. The van der Waals surface area contributed by atoms with E-state index in [4.69, 9.17) is 26.8 Å². The van der Waals surface area contributed by atoms with Crippen LogP contribution < -0.4 is 15.2 Å². The van der Waals surface area contributed by atoms with Crippen LogP contribution in [0.5, 0.6) is 11.9 Å². The number of rotatable bonds is 5. The second-order valence-electron chi connectivity index (χ2n) is 5.08. The van der Waals surface area contributed by atoms with Gasteiger partial charge in [0.2, 0.25) is 5.88 Å². The summed E-state index contributed by atoms with van der Waals surface area (Å²) in [5.74, 6) is 1.33. The fourth-order valence-electron chi connectivity index (χ4n) is 2.20. The van der Waals surface area contributed by atoms with Gasteiger partial charge in [-0.3, -0.25) is 0 Å². The standard InChI is InChI=1S/C17H16ClN5O2/c1-24-14-6-4-11(9-20-14)15-21-16(23-17(22-15)25-2)12-7-10(8-19)3-5-13(12)18/h3-7,9H,8,19H2,1-2H3. The van der Waals surface area contributed by atoms with Crippen molar-refractivity contribution >= 4 is 11.6 Å². The molecule has 2 aromatic heterocycles. The van der Waals surface area contributed by atoms with Crippen molar-refractivity contribution in [3.63, 3.8) is 0 Å². The Bertz CT molecular complexity index is 887. The Balaban J connectivity index is 2.12. The second-order valence-corrected chi connectivity index (χ2v) is 5.48. The molecule has 8 heteroatoms. The van der Waals surface area contributed by atoms with Crippen LogP contribution in [-0.2, 0) is 6.54 Å². The molecule has 25 heavy (non-hydrogen) atoms. The number of ether oxygens (including phenoxy) is 2. The van der Waals surface area contributed by atoms with Crippen LogP contribution in [-0.4, -0.2) is 34.2 Å². The van der Waals surface area contributed by atoms with Crippen molar-refractivity contribution in [1.82, 2.24) is 19.9 Å². The summed E-state index contributed by atoms with van der Waals surface area (Å²) in [5, 5.41) is 0.518. The number of hydrogen-bond acceptors (Lipinski definition) is 7. The summed E-state index contributed by atoms with van der Waals surface area (Å²) in [6.45, 7) is 0.391. The molecule has 0 radical (unpaired) electrons. The Morgan fingerprint density at radius 2 is 1.80 bits per heavy atom. The summed E-state index contributed by atoms with van der Waals surface area (Å²) in [5.41, 5.74) is 8.00. The third-order valence-electron chi connectivity index (χ3n) is 3.51. The largest absolute Gasteiger partial charge is 0.481 e. The third kappa shape index (κ3) is 3.67. The second kappa shape index (κ2) is 7.42. The number of hydrogen-bond donors (Lipinski definition) is 1. The molecule has 0 fully saturated rings. The van der Waals surface area contributed by atoms with Gasteiger partial charge < -0.3 is 15.2 Å². The predicted octanol–water partition coefficient (Wildman–Crippen LogP) is 2.73. The van der Waals surface area contributed by atoms with Crippen molar-refractivity contribution in [3.8, 4) is 34.7 Å². The first-order chi connectivity index (χ1) is 12.1. The molecule has 0 saturated carbocycles. The van der Waals surface area contributed by atoms with Gasteiger partial charge in [0.05, 0.1) is 19.2 Å². The van der Waals surface area contributed by atoms with E-state index in [-0.39, 0.29) is 6.01 Å². The van der Waals surface area contributed by atoms with Crippen LogP contribution in [0.1, 0.15) is 5.56 Å². The van der Waals surface area contributed by atoms with Crippen LogP contribution in [0.15, 0.2) is 36.5 Å². The summed E-state index contributed by atoms with van der Waals surface area (Å²) in [6, 6.07) is 9.20. The van der Waals surface area contributed by atoms with E-state index in [1.165, 1.54) is 7.11 Å². The van der Waals surface area contributed by atoms with Gasteiger partial charge in [0.15, 0.2) is 11.6 Å². The predicted molar refractivity (Wildman–Crippen MR) is 94.5 cm³/mol. The summed E-state index contributed by atoms with van der Waals surface area (Å²) in [6.07, 6.45) is 1.62. The smallest absolute Gasteiger partial charge is 0.320 e. The number of benzene rings is 1. The van der Waals surface area contributed by atoms with Crippen molar-refractivity contribution in [2.24, 2.45) is 5.73 Å². The molecule has 0 aliphatic heterocycles. The maximum atomic E-state index is 6.31. The van der Waals surface area contributed by atoms with Crippen molar-refractivity contribution < 1.29 is 9.47 Å². The molecule has 0 saturated heterocycles. The molecule has 7 nitrogen and oxygen atoms in total. The quantitative estimate of drug-likeness (QED) is 0.749. The molecule has 3 rings (SSSR count). The molecule has 0 unspecified atom stereocenters. The lowest BCUT2D eigenvalue weighted by Crippen LogP contribution is -2.02. The maximum absolute atomic E-state index is 6.31. The first-order valence-corrected chi connectivity index (χ1v) is 7.81. The van der Waals surface area contributed by atoms with Gasteiger partial charge in [-0.05, 0) is 23.8 Å². The van der Waals surface area contributed by atoms with E-state index in [0.717, 1.165) is 5.56 Å². The van der Waals surface area contributed by atoms with Gasteiger partial charge in [-0.1, -0.05) is 17.7 Å². The molecule has 128 valence electrons. The lowest BCUT2D eigenvalue weighted by atomic mass is 10.1. The van der Waals surface area contributed by atoms with Crippen molar-refractivity contribution in [3.05, 3.63) is 47.1 Å². The number of aromatic nitrogens is 4. The van der Waals surface area contributed by atoms with Gasteiger partial charge >= 0.3 is 6.01 Å². The Morgan fingerprint density at radius 3 is 2.44 bits per heavy atom. The molecule has 0 atom stereocenters. The molecular formula is C17H16ClN5O2.